The minimum atomic E-state index is 0.410. The molecule has 0 amide bonds. The molecule has 0 bridgehead atoms. The monoisotopic (exact) mass is 285 g/mol. The van der Waals surface area contributed by atoms with Gasteiger partial charge in [-0.3, -0.25) is 4.90 Å². The normalized spacial score (nSPS) is 23.8. The van der Waals surface area contributed by atoms with Crippen molar-refractivity contribution in [1.82, 2.24) is 10.2 Å². The van der Waals surface area contributed by atoms with E-state index in [1.165, 1.54) is 24.8 Å². The number of hydrogen-bond donors (Lipinski definition) is 1. The Morgan fingerprint density at radius 2 is 2.19 bits per heavy atom. The van der Waals surface area contributed by atoms with Gasteiger partial charge in [-0.1, -0.05) is 18.6 Å². The van der Waals surface area contributed by atoms with Gasteiger partial charge in [0.05, 0.1) is 11.6 Å². The first-order valence-electron chi connectivity index (χ1n) is 8.07. The summed E-state index contributed by atoms with van der Waals surface area (Å²) in [5.74, 6) is 0.605. The van der Waals surface area contributed by atoms with Crippen molar-refractivity contribution in [3.63, 3.8) is 0 Å². The lowest BCUT2D eigenvalue weighted by molar-refractivity contribution is 0.118. The van der Waals surface area contributed by atoms with Crippen LogP contribution in [-0.4, -0.2) is 31.1 Å². The van der Waals surface area contributed by atoms with Gasteiger partial charge in [0, 0.05) is 12.1 Å². The van der Waals surface area contributed by atoms with Crippen LogP contribution in [0.2, 0.25) is 0 Å². The quantitative estimate of drug-likeness (QED) is 0.922. The molecule has 1 aromatic carbocycles. The van der Waals surface area contributed by atoms with Crippen molar-refractivity contribution in [2.24, 2.45) is 5.92 Å². The van der Waals surface area contributed by atoms with Crippen LogP contribution >= 0.6 is 0 Å². The van der Waals surface area contributed by atoms with E-state index in [9.17, 15) is 5.26 Å². The lowest BCUT2D eigenvalue weighted by atomic mass is 9.88. The molecule has 0 aliphatic carbocycles. The Balaban J connectivity index is 2.39. The molecule has 0 radical (unpaired) electrons. The van der Waals surface area contributed by atoms with Crippen LogP contribution in [0.3, 0.4) is 0 Å². The Kier molecular flexibility index (Phi) is 5.78. The van der Waals surface area contributed by atoms with E-state index in [0.29, 0.717) is 18.0 Å². The summed E-state index contributed by atoms with van der Waals surface area (Å²) in [6.07, 6.45) is 3.82. The van der Waals surface area contributed by atoms with E-state index in [4.69, 9.17) is 0 Å². The number of benzene rings is 1. The summed E-state index contributed by atoms with van der Waals surface area (Å²) < 4.78 is 0. The second-order valence-corrected chi connectivity index (χ2v) is 6.33. The van der Waals surface area contributed by atoms with Crippen molar-refractivity contribution in [3.8, 4) is 6.07 Å². The van der Waals surface area contributed by atoms with Crippen molar-refractivity contribution in [2.45, 2.75) is 45.2 Å². The minimum absolute atomic E-state index is 0.410. The van der Waals surface area contributed by atoms with E-state index < -0.39 is 0 Å². The molecule has 21 heavy (non-hydrogen) atoms. The smallest absolute Gasteiger partial charge is 0.0991 e. The standard InChI is InChI=1S/C18H27N3/c1-14(2)21-10-5-4-8-17(13-20-3)18(21)16-9-6-7-15(11-16)12-19/h6-7,9,11,14,17-18,20H,4-5,8,10,13H2,1-3H3. The molecule has 1 saturated heterocycles. The number of hydrogen-bond acceptors (Lipinski definition) is 3. The van der Waals surface area contributed by atoms with Gasteiger partial charge in [0.1, 0.15) is 0 Å². The highest BCUT2D eigenvalue weighted by Gasteiger charge is 2.32. The van der Waals surface area contributed by atoms with E-state index in [2.05, 4.69) is 42.3 Å². The zero-order valence-electron chi connectivity index (χ0n) is 13.5. The lowest BCUT2D eigenvalue weighted by Crippen LogP contribution is -2.40. The number of nitrogens with zero attached hydrogens (tertiary/aromatic N) is 2. The highest BCUT2D eigenvalue weighted by molar-refractivity contribution is 5.34. The Labute approximate surface area is 129 Å². The Bertz CT molecular complexity index is 489. The van der Waals surface area contributed by atoms with E-state index in [0.717, 1.165) is 18.7 Å². The van der Waals surface area contributed by atoms with Gasteiger partial charge >= 0.3 is 0 Å². The second-order valence-electron chi connectivity index (χ2n) is 6.33. The summed E-state index contributed by atoms with van der Waals surface area (Å²) in [4.78, 5) is 2.62. The highest BCUT2D eigenvalue weighted by atomic mass is 15.2. The maximum absolute atomic E-state index is 9.18. The van der Waals surface area contributed by atoms with Gasteiger partial charge in [-0.05, 0) is 70.4 Å². The molecule has 1 heterocycles. The Morgan fingerprint density at radius 1 is 1.38 bits per heavy atom. The number of nitrogens with one attached hydrogen (secondary N) is 1. The third-order valence-electron chi connectivity index (χ3n) is 4.53. The van der Waals surface area contributed by atoms with Gasteiger partial charge in [0.15, 0.2) is 0 Å². The third kappa shape index (κ3) is 3.84. The number of nitriles is 1. The Morgan fingerprint density at radius 3 is 2.86 bits per heavy atom. The van der Waals surface area contributed by atoms with Gasteiger partial charge in [0.25, 0.3) is 0 Å². The van der Waals surface area contributed by atoms with Crippen molar-refractivity contribution in [3.05, 3.63) is 35.4 Å². The van der Waals surface area contributed by atoms with Crippen LogP contribution < -0.4 is 5.32 Å². The van der Waals surface area contributed by atoms with Crippen molar-refractivity contribution in [1.29, 1.82) is 5.26 Å². The van der Waals surface area contributed by atoms with Crippen molar-refractivity contribution in [2.75, 3.05) is 20.1 Å². The van der Waals surface area contributed by atoms with E-state index in [1.54, 1.807) is 0 Å². The van der Waals surface area contributed by atoms with E-state index in [1.807, 2.05) is 19.2 Å². The molecule has 114 valence electrons. The number of likely N-dealkylation sites (tertiary alicyclic amines) is 1. The molecule has 0 saturated carbocycles. The van der Waals surface area contributed by atoms with Crippen molar-refractivity contribution < 1.29 is 0 Å². The minimum Gasteiger partial charge on any atom is -0.319 e. The molecule has 0 aromatic heterocycles. The zero-order chi connectivity index (χ0) is 15.2. The lowest BCUT2D eigenvalue weighted by Gasteiger charge is -2.38. The van der Waals surface area contributed by atoms with Gasteiger partial charge in [-0.25, -0.2) is 0 Å². The second kappa shape index (κ2) is 7.59. The molecular formula is C18H27N3. The largest absolute Gasteiger partial charge is 0.319 e. The topological polar surface area (TPSA) is 39.1 Å². The molecule has 1 aliphatic rings. The summed E-state index contributed by atoms with van der Waals surface area (Å²) in [6.45, 7) is 6.75. The molecule has 2 atom stereocenters. The summed E-state index contributed by atoms with van der Waals surface area (Å²) in [5.41, 5.74) is 2.06. The van der Waals surface area contributed by atoms with Crippen LogP contribution in [0.15, 0.2) is 24.3 Å². The van der Waals surface area contributed by atoms with Crippen LogP contribution in [0, 0.1) is 17.2 Å². The van der Waals surface area contributed by atoms with Crippen LogP contribution in [0.4, 0.5) is 0 Å². The van der Waals surface area contributed by atoms with Gasteiger partial charge < -0.3 is 5.32 Å². The first kappa shape index (κ1) is 16.0. The summed E-state index contributed by atoms with van der Waals surface area (Å²) in [5, 5.41) is 12.5. The predicted molar refractivity (Wildman–Crippen MR) is 87.0 cm³/mol. The molecule has 3 heteroatoms. The SMILES string of the molecule is CNCC1CCCCN(C(C)C)C1c1cccc(C#N)c1. The average molecular weight is 285 g/mol. The van der Waals surface area contributed by atoms with Crippen LogP contribution in [0.25, 0.3) is 0 Å². The molecular weight excluding hydrogens is 258 g/mol. The highest BCUT2D eigenvalue weighted by Crippen LogP contribution is 2.36. The van der Waals surface area contributed by atoms with E-state index >= 15 is 0 Å². The van der Waals surface area contributed by atoms with Gasteiger partial charge in [-0.15, -0.1) is 0 Å². The van der Waals surface area contributed by atoms with Gasteiger partial charge in [-0.2, -0.15) is 5.26 Å². The molecule has 1 N–H and O–H groups in total. The average Bonchev–Trinajstić information content (AvgIpc) is 2.70. The van der Waals surface area contributed by atoms with Crippen LogP contribution in [-0.2, 0) is 0 Å². The maximum Gasteiger partial charge on any atom is 0.0991 e. The summed E-state index contributed by atoms with van der Waals surface area (Å²) in [6, 6.07) is 11.4. The first-order chi connectivity index (χ1) is 10.2. The van der Waals surface area contributed by atoms with E-state index in [-0.39, 0.29) is 0 Å². The fraction of sp³-hybridized carbons (Fsp3) is 0.611. The summed E-state index contributed by atoms with van der Waals surface area (Å²) >= 11 is 0. The molecule has 1 aromatic rings. The molecule has 1 aliphatic heterocycles. The van der Waals surface area contributed by atoms with Gasteiger partial charge in [0.2, 0.25) is 0 Å². The predicted octanol–water partition coefficient (Wildman–Crippen LogP) is 3.33. The fourth-order valence-corrected chi connectivity index (χ4v) is 3.58. The number of rotatable bonds is 4. The zero-order valence-corrected chi connectivity index (χ0v) is 13.5. The first-order valence-corrected chi connectivity index (χ1v) is 8.07. The van der Waals surface area contributed by atoms with Crippen molar-refractivity contribution >= 4 is 0 Å². The van der Waals surface area contributed by atoms with Crippen LogP contribution in [0.5, 0.6) is 0 Å². The fourth-order valence-electron chi connectivity index (χ4n) is 3.58. The summed E-state index contributed by atoms with van der Waals surface area (Å²) in [7, 11) is 2.04. The maximum atomic E-state index is 9.18. The molecule has 1 fully saturated rings. The third-order valence-corrected chi connectivity index (χ3v) is 4.53. The molecule has 0 spiro atoms. The molecule has 2 unspecified atom stereocenters. The van der Waals surface area contributed by atoms with Crippen LogP contribution in [0.1, 0.15) is 50.3 Å². The Hall–Kier alpha value is -1.37. The molecule has 2 rings (SSSR count). The molecule has 3 nitrogen and oxygen atoms in total.